The van der Waals surface area contributed by atoms with E-state index in [1.165, 1.54) is 19.1 Å². The van der Waals surface area contributed by atoms with Crippen LogP contribution in [0.1, 0.15) is 164 Å². The quantitative estimate of drug-likeness (QED) is 0.0240. The predicted octanol–water partition coefficient (Wildman–Crippen LogP) is 11.3. The first-order valence-electron chi connectivity index (χ1n) is 39.2. The fourth-order valence-electron chi connectivity index (χ4n) is 12.3. The van der Waals surface area contributed by atoms with Crippen LogP contribution in [0.2, 0.25) is 109 Å². The third-order valence-corrected chi connectivity index (χ3v) is 52.7. The van der Waals surface area contributed by atoms with Gasteiger partial charge in [-0.15, -0.1) is 0 Å². The lowest BCUT2D eigenvalue weighted by Crippen LogP contribution is -2.67. The number of likely N-dealkylation sites (tertiary alicyclic amines) is 2. The molecule has 24 nitrogen and oxygen atoms in total. The molecule has 5 amide bonds. The van der Waals surface area contributed by atoms with Gasteiger partial charge in [-0.2, -0.15) is 0 Å². The van der Waals surface area contributed by atoms with Crippen molar-refractivity contribution >= 4 is 101 Å². The van der Waals surface area contributed by atoms with E-state index in [9.17, 15) is 5.11 Å². The number of aliphatic hydroxyl groups is 1. The molecular weight excluding hydrogens is 1460 g/mol. The maximum absolute atomic E-state index is 17.0. The first kappa shape index (κ1) is 93.2. The molecule has 5 fully saturated rings. The molecule has 0 radical (unpaired) electrons. The Hall–Kier alpha value is -2.65. The van der Waals surface area contributed by atoms with Crippen LogP contribution in [0.3, 0.4) is 0 Å². The van der Waals surface area contributed by atoms with Crippen molar-refractivity contribution in [3.8, 4) is 5.75 Å². The van der Waals surface area contributed by atoms with Crippen LogP contribution in [0, 0.1) is 5.92 Å². The number of rotatable bonds is 35. The van der Waals surface area contributed by atoms with E-state index in [-0.39, 0.29) is 69.4 Å². The van der Waals surface area contributed by atoms with Gasteiger partial charge in [0.1, 0.15) is 36.1 Å². The molecule has 3 unspecified atom stereocenters. The molecule has 0 bridgehead atoms. The van der Waals surface area contributed by atoms with Crippen molar-refractivity contribution in [2.75, 3.05) is 46.8 Å². The lowest BCUT2D eigenvalue weighted by Gasteiger charge is -2.45. The Morgan fingerprint density at radius 2 is 1.05 bits per heavy atom. The Morgan fingerprint density at radius 3 is 1.50 bits per heavy atom. The Balaban J connectivity index is 1.60. The number of nitrogens with one attached hydrogen (secondary N) is 4. The molecule has 33 heteroatoms. The topological polar surface area (TPSA) is 275 Å². The van der Waals surface area contributed by atoms with Crippen LogP contribution < -0.4 is 25.6 Å². The molecule has 13 atom stereocenters. The molecule has 0 saturated carbocycles. The molecule has 5 N–H and O–H groups in total. The van der Waals surface area contributed by atoms with Gasteiger partial charge in [0.05, 0.1) is 62.1 Å². The molecule has 1 aromatic rings. The van der Waals surface area contributed by atoms with Crippen LogP contribution in [0.4, 0.5) is 0 Å². The number of hydrogen-bond acceptors (Lipinski definition) is 19. The Labute approximate surface area is 652 Å². The third-order valence-electron chi connectivity index (χ3n) is 25.7. The van der Waals surface area contributed by atoms with Crippen LogP contribution in [0.25, 0.3) is 0 Å². The number of amides is 5. The van der Waals surface area contributed by atoms with Crippen molar-refractivity contribution in [1.29, 1.82) is 0 Å². The van der Waals surface area contributed by atoms with Crippen molar-refractivity contribution in [1.82, 2.24) is 35.7 Å². The highest BCUT2D eigenvalue weighted by Gasteiger charge is 2.61. The van der Waals surface area contributed by atoms with Gasteiger partial charge < -0.3 is 85.9 Å². The summed E-state index contributed by atoms with van der Waals surface area (Å²) in [5, 5.41) is 25.2. The van der Waals surface area contributed by atoms with E-state index >= 15 is 24.0 Å². The maximum Gasteiger partial charge on any atom is 0.432 e. The Morgan fingerprint density at radius 1 is 0.589 bits per heavy atom. The van der Waals surface area contributed by atoms with E-state index in [1.54, 1.807) is 16.5 Å². The highest BCUT2D eigenvalue weighted by atomic mass is 28.4. The first-order valence-corrected chi connectivity index (χ1v) is 56.7. The Kier molecular flexibility index (Phi) is 30.0. The fraction of sp³-hybridized carbons (Fsp3) is 0.851. The predicted molar refractivity (Wildman–Crippen MR) is 443 cm³/mol. The maximum atomic E-state index is 17.0. The second-order valence-electron chi connectivity index (χ2n) is 40.4. The van der Waals surface area contributed by atoms with Gasteiger partial charge in [-0.05, 0) is 153 Å². The van der Waals surface area contributed by atoms with Gasteiger partial charge in [0, 0.05) is 40.2 Å². The first-order chi connectivity index (χ1) is 48.4. The third kappa shape index (κ3) is 23.5. The van der Waals surface area contributed by atoms with E-state index < -0.39 is 179 Å². The minimum atomic E-state index is -2.98. The summed E-state index contributed by atoms with van der Waals surface area (Å²) in [7, 11) is -14.5. The number of carbonyl (C=O) groups excluding carboxylic acids is 5. The molecule has 107 heavy (non-hydrogen) atoms. The average molecular weight is 1600 g/mol. The summed E-state index contributed by atoms with van der Waals surface area (Å²) in [5.41, 5.74) is 0.789. The standard InChI is InChI=1S/C74H144B3N7O17Si6/c1-48-43-83(61(62(48)101-107(34,35)74(19,20)21)68(90)84(76-46-94-76)77-47-95-77)67(89)59(50(3)97-103(26,27)70(7,8)9)79-65(87)60(56(100-106(32,33)73(16,17)18)40-51-36-38-52(39-37-51)98-104(28,29)71(10,11)12)80-64(86)55-41-53(99-105(30,31)72(13,14)15)44-82(55)66(88)58(49(2)96-102(24,25)69(4,5)6)78-63(85)54(81-75-45-93-75)42-57(91-22)92-23/h36-39,48-50,53-62,67,81,89H,40-47H2,1-35H3,(H,78,85)(H,79,87)(H,80,86)/t48-,49?,50?,53+,54-,55-,56+,58-,59-,60-,61-,62-,67?/m0/s1. The normalized spacial score (nSPS) is 22.8. The number of aliphatic hydroxyl groups excluding tert-OH is 1. The zero-order valence-corrected chi connectivity index (χ0v) is 78.6. The van der Waals surface area contributed by atoms with Crippen molar-refractivity contribution in [2.45, 2.75) is 353 Å². The second-order valence-corrected chi connectivity index (χ2v) is 68.9. The van der Waals surface area contributed by atoms with Crippen molar-refractivity contribution < 1.29 is 79.1 Å². The molecule has 1 aromatic carbocycles. The summed E-state index contributed by atoms with van der Waals surface area (Å²) in [6.07, 6.45) is -6.50. The SMILES string of the molecule is COC(C[C@H](NB1CO1)C(=O)N[C@H](C(=O)N1C[C@H](O[Si](C)(C)C(C)(C)C)C[C@H]1C(=O)N[C@H](C(=O)N[C@@H](C(C)O[Si](C)(C)C(C)(C)C)C(O)N1C[C@H](C)[C@H](O[Si](C)(C)C(C)(C)C)[C@H]1C(=O)N(B1CO1)B1CO1)[C@@H](Cc1ccc(O[Si](C)(C)C(C)(C)C)cc1)O[Si](C)(C)C(C)(C)C)C(C)O[Si](C)(C)C(C)(C)C)OC. The van der Waals surface area contributed by atoms with Crippen LogP contribution in [0.15, 0.2) is 24.3 Å². The molecule has 5 aliphatic heterocycles. The van der Waals surface area contributed by atoms with E-state index in [0.29, 0.717) is 25.3 Å². The highest BCUT2D eigenvalue weighted by molar-refractivity contribution is 6.78. The van der Waals surface area contributed by atoms with Crippen LogP contribution in [-0.4, -0.2) is 246 Å². The van der Waals surface area contributed by atoms with E-state index in [1.807, 2.05) is 38.1 Å². The van der Waals surface area contributed by atoms with Crippen LogP contribution in [0.5, 0.6) is 5.75 Å². The largest absolute Gasteiger partial charge is 0.544 e. The van der Waals surface area contributed by atoms with Crippen molar-refractivity contribution in [3.63, 3.8) is 0 Å². The molecule has 0 aromatic heterocycles. The minimum Gasteiger partial charge on any atom is -0.544 e. The average Bonchev–Trinajstić information content (AvgIpc) is 1.50. The summed E-state index contributed by atoms with van der Waals surface area (Å²) in [4.78, 5) is 84.2. The number of methoxy groups -OCH3 is 2. The molecule has 610 valence electrons. The molecule has 5 heterocycles. The Bertz CT molecular complexity index is 3170. The number of nitrogens with zero attached hydrogens (tertiary/aromatic N) is 3. The van der Waals surface area contributed by atoms with Crippen molar-refractivity contribution in [3.05, 3.63) is 29.8 Å². The number of carbonyl (C=O) groups is 5. The lowest BCUT2D eigenvalue weighted by molar-refractivity contribution is -0.146. The lowest BCUT2D eigenvalue weighted by atomic mass is 9.75. The molecule has 6 rings (SSSR count). The molecule has 5 aliphatic rings. The van der Waals surface area contributed by atoms with E-state index in [2.05, 4.69) is 224 Å². The molecular formula is C74H144B3N7O17Si6. The van der Waals surface area contributed by atoms with E-state index in [4.69, 9.17) is 50.0 Å². The molecule has 0 spiro atoms. The number of benzene rings is 1. The van der Waals surface area contributed by atoms with Gasteiger partial charge in [-0.1, -0.05) is 144 Å². The van der Waals surface area contributed by atoms with Gasteiger partial charge in [0.25, 0.3) is 0 Å². The molecule has 0 aliphatic carbocycles. The van der Waals surface area contributed by atoms with E-state index in [0.717, 1.165) is 5.56 Å². The second kappa shape index (κ2) is 34.4. The number of hydrogen-bond donors (Lipinski definition) is 5. The van der Waals surface area contributed by atoms with Gasteiger partial charge in [-0.3, -0.25) is 28.9 Å². The van der Waals surface area contributed by atoms with Gasteiger partial charge in [0.2, 0.25) is 37.9 Å². The molecule has 5 saturated heterocycles. The van der Waals surface area contributed by atoms with Gasteiger partial charge in [0.15, 0.2) is 47.9 Å². The summed E-state index contributed by atoms with van der Waals surface area (Å²) < 4.78 is 73.5. The summed E-state index contributed by atoms with van der Waals surface area (Å²) in [5.74, 6) is -2.39. The zero-order chi connectivity index (χ0) is 81.7. The summed E-state index contributed by atoms with van der Waals surface area (Å²) >= 11 is 0. The van der Waals surface area contributed by atoms with Crippen molar-refractivity contribution in [2.24, 2.45) is 5.92 Å². The summed E-state index contributed by atoms with van der Waals surface area (Å²) in [6, 6.07) is 0.359. The van der Waals surface area contributed by atoms with Crippen LogP contribution in [-0.2, 0) is 76.0 Å². The smallest absolute Gasteiger partial charge is 0.432 e. The number of ether oxygens (including phenoxy) is 2. The highest BCUT2D eigenvalue weighted by Crippen LogP contribution is 2.46. The summed E-state index contributed by atoms with van der Waals surface area (Å²) in [6.45, 7) is 70.9. The van der Waals surface area contributed by atoms with Gasteiger partial charge in [-0.25, -0.2) is 0 Å². The fourth-order valence-corrected chi connectivity index (χ4v) is 20.2. The minimum absolute atomic E-state index is 0.0286. The monoisotopic (exact) mass is 1600 g/mol. The zero-order valence-electron chi connectivity index (χ0n) is 72.6. The van der Waals surface area contributed by atoms with Gasteiger partial charge >= 0.3 is 21.2 Å². The van der Waals surface area contributed by atoms with Crippen LogP contribution >= 0.6 is 0 Å².